The minimum absolute atomic E-state index is 0.0796. The van der Waals surface area contributed by atoms with E-state index in [9.17, 15) is 17.6 Å². The topological polar surface area (TPSA) is 52.0 Å². The Morgan fingerprint density at radius 3 is 2.53 bits per heavy atom. The molecule has 0 heterocycles. The fraction of sp³-hybridized carbons (Fsp3) is 0.200. The second-order valence-corrected chi connectivity index (χ2v) is 3.97. The molecule has 94 valence electrons. The van der Waals surface area contributed by atoms with Gasteiger partial charge in [0.25, 0.3) is 0 Å². The van der Waals surface area contributed by atoms with E-state index in [2.05, 4.69) is 0 Å². The zero-order chi connectivity index (χ0) is 13.1. The molecular weight excluding hydrogens is 256 g/mol. The largest absolute Gasteiger partial charge is 0.419 e. The number of thioether (sulfide) groups is 1. The smallest absolute Gasteiger partial charge is 0.398 e. The summed E-state index contributed by atoms with van der Waals surface area (Å²) in [4.78, 5) is 0. The molecule has 1 aromatic carbocycles. The van der Waals surface area contributed by atoms with Gasteiger partial charge in [-0.05, 0) is 17.5 Å². The summed E-state index contributed by atoms with van der Waals surface area (Å²) in [5, 5.41) is 1.32. The van der Waals surface area contributed by atoms with Crippen LogP contribution in [-0.2, 0) is 6.18 Å². The van der Waals surface area contributed by atoms with Crippen LogP contribution in [-0.4, -0.2) is 5.88 Å². The zero-order valence-corrected chi connectivity index (χ0v) is 9.41. The van der Waals surface area contributed by atoms with Gasteiger partial charge in [0.05, 0.1) is 5.56 Å². The molecule has 0 atom stereocenters. The average Bonchev–Trinajstić information content (AvgIpc) is 2.24. The van der Waals surface area contributed by atoms with Crippen molar-refractivity contribution in [2.24, 2.45) is 11.5 Å². The number of alkyl halides is 3. The third-order valence-corrected chi connectivity index (χ3v) is 2.53. The van der Waals surface area contributed by atoms with Crippen LogP contribution in [0.4, 0.5) is 17.6 Å². The first-order chi connectivity index (χ1) is 7.88. The third-order valence-electron chi connectivity index (χ3n) is 1.92. The van der Waals surface area contributed by atoms with Gasteiger partial charge in [-0.3, -0.25) is 0 Å². The monoisotopic (exact) mass is 266 g/mol. The van der Waals surface area contributed by atoms with Crippen LogP contribution in [0.15, 0.2) is 23.6 Å². The number of halogens is 4. The Bertz CT molecular complexity index is 429. The maximum Gasteiger partial charge on any atom is 0.419 e. The van der Waals surface area contributed by atoms with Crippen molar-refractivity contribution >= 4 is 17.5 Å². The van der Waals surface area contributed by atoms with Gasteiger partial charge in [-0.25, -0.2) is 4.39 Å². The molecule has 0 spiro atoms. The minimum Gasteiger partial charge on any atom is -0.398 e. The predicted octanol–water partition coefficient (Wildman–Crippen LogP) is 2.75. The van der Waals surface area contributed by atoms with Gasteiger partial charge in [-0.15, -0.1) is 11.8 Å². The van der Waals surface area contributed by atoms with E-state index in [0.29, 0.717) is 6.07 Å². The maximum absolute atomic E-state index is 13.6. The van der Waals surface area contributed by atoms with Gasteiger partial charge >= 0.3 is 6.18 Å². The number of hydrogen-bond acceptors (Lipinski definition) is 3. The second-order valence-electron chi connectivity index (χ2n) is 3.07. The van der Waals surface area contributed by atoms with Crippen LogP contribution in [0.2, 0.25) is 0 Å². The van der Waals surface area contributed by atoms with E-state index in [1.54, 1.807) is 0 Å². The summed E-state index contributed by atoms with van der Waals surface area (Å²) in [5.74, 6) is -1.16. The SMILES string of the molecule is NCS/C=C(\N)c1cccc(C(F)(F)F)c1F. The summed E-state index contributed by atoms with van der Waals surface area (Å²) in [5.41, 5.74) is 8.97. The van der Waals surface area contributed by atoms with Gasteiger partial charge in [0, 0.05) is 17.1 Å². The fourth-order valence-electron chi connectivity index (χ4n) is 1.18. The van der Waals surface area contributed by atoms with Crippen molar-refractivity contribution in [1.82, 2.24) is 0 Å². The standard InChI is InChI=1S/C10H10F4N2S/c11-9-6(8(16)4-17-5-15)2-1-3-7(9)10(12,13)14/h1-4H,5,15-16H2/b8-4-. The molecule has 0 saturated heterocycles. The molecule has 0 aliphatic carbocycles. The molecule has 0 bridgehead atoms. The highest BCUT2D eigenvalue weighted by Crippen LogP contribution is 2.33. The van der Waals surface area contributed by atoms with E-state index >= 15 is 0 Å². The van der Waals surface area contributed by atoms with E-state index in [4.69, 9.17) is 11.5 Å². The Labute approximate surface area is 99.7 Å². The highest BCUT2D eigenvalue weighted by molar-refractivity contribution is 8.02. The fourth-order valence-corrected chi connectivity index (χ4v) is 1.58. The summed E-state index contributed by atoms with van der Waals surface area (Å²) in [6, 6.07) is 2.96. The molecule has 0 unspecified atom stereocenters. The molecule has 7 heteroatoms. The van der Waals surface area contributed by atoms with Crippen molar-refractivity contribution in [3.63, 3.8) is 0 Å². The summed E-state index contributed by atoms with van der Waals surface area (Å²) >= 11 is 1.08. The minimum atomic E-state index is -4.73. The van der Waals surface area contributed by atoms with Crippen molar-refractivity contribution in [3.8, 4) is 0 Å². The molecule has 0 radical (unpaired) electrons. The highest BCUT2D eigenvalue weighted by Gasteiger charge is 2.34. The molecule has 1 aromatic rings. The summed E-state index contributed by atoms with van der Waals surface area (Å²) in [7, 11) is 0. The Morgan fingerprint density at radius 2 is 2.00 bits per heavy atom. The Kier molecular flexibility index (Phi) is 4.41. The van der Waals surface area contributed by atoms with Crippen LogP contribution in [0.25, 0.3) is 5.70 Å². The first-order valence-electron chi connectivity index (χ1n) is 4.51. The lowest BCUT2D eigenvalue weighted by atomic mass is 10.1. The molecule has 2 nitrogen and oxygen atoms in total. The molecule has 0 aliphatic heterocycles. The van der Waals surface area contributed by atoms with E-state index < -0.39 is 17.6 Å². The molecule has 0 aromatic heterocycles. The first-order valence-corrected chi connectivity index (χ1v) is 5.56. The first kappa shape index (κ1) is 13.9. The molecule has 0 fully saturated rings. The normalized spacial score (nSPS) is 12.9. The third kappa shape index (κ3) is 3.37. The number of benzene rings is 1. The summed E-state index contributed by atoms with van der Waals surface area (Å²) in [6.07, 6.45) is -4.73. The highest BCUT2D eigenvalue weighted by atomic mass is 32.2. The molecule has 0 aliphatic rings. The Hall–Kier alpha value is -1.21. The van der Waals surface area contributed by atoms with Crippen molar-refractivity contribution < 1.29 is 17.6 Å². The Balaban J connectivity index is 3.20. The zero-order valence-electron chi connectivity index (χ0n) is 8.59. The lowest BCUT2D eigenvalue weighted by Gasteiger charge is -2.11. The van der Waals surface area contributed by atoms with Crippen molar-refractivity contribution in [1.29, 1.82) is 0 Å². The van der Waals surface area contributed by atoms with Crippen molar-refractivity contribution in [2.45, 2.75) is 6.18 Å². The van der Waals surface area contributed by atoms with Crippen molar-refractivity contribution in [3.05, 3.63) is 40.6 Å². The summed E-state index contributed by atoms with van der Waals surface area (Å²) < 4.78 is 50.8. The second kappa shape index (κ2) is 5.42. The van der Waals surface area contributed by atoms with Crippen LogP contribution < -0.4 is 11.5 Å². The van der Waals surface area contributed by atoms with Crippen LogP contribution in [0.5, 0.6) is 0 Å². The Morgan fingerprint density at radius 1 is 1.35 bits per heavy atom. The van der Waals surface area contributed by atoms with Crippen LogP contribution in [0.1, 0.15) is 11.1 Å². The van der Waals surface area contributed by atoms with Gasteiger partial charge in [-0.1, -0.05) is 6.07 Å². The van der Waals surface area contributed by atoms with Gasteiger partial charge in [0.2, 0.25) is 0 Å². The van der Waals surface area contributed by atoms with Gasteiger partial charge in [-0.2, -0.15) is 13.2 Å². The van der Waals surface area contributed by atoms with Crippen LogP contribution in [0.3, 0.4) is 0 Å². The van der Waals surface area contributed by atoms with E-state index in [0.717, 1.165) is 17.8 Å². The average molecular weight is 266 g/mol. The van der Waals surface area contributed by atoms with E-state index in [1.165, 1.54) is 11.5 Å². The number of nitrogens with two attached hydrogens (primary N) is 2. The van der Waals surface area contributed by atoms with Gasteiger partial charge < -0.3 is 11.5 Å². The molecule has 17 heavy (non-hydrogen) atoms. The van der Waals surface area contributed by atoms with Crippen LogP contribution in [0, 0.1) is 5.82 Å². The molecular formula is C10H10F4N2S. The van der Waals surface area contributed by atoms with E-state index in [1.807, 2.05) is 0 Å². The van der Waals surface area contributed by atoms with Crippen molar-refractivity contribution in [2.75, 3.05) is 5.88 Å². The molecule has 0 saturated carbocycles. The maximum atomic E-state index is 13.6. The predicted molar refractivity (Wildman–Crippen MR) is 60.2 cm³/mol. The molecule has 0 amide bonds. The number of hydrogen-bond donors (Lipinski definition) is 2. The lowest BCUT2D eigenvalue weighted by molar-refractivity contribution is -0.140. The van der Waals surface area contributed by atoms with Gasteiger partial charge in [0.1, 0.15) is 5.82 Å². The lowest BCUT2D eigenvalue weighted by Crippen LogP contribution is -2.11. The summed E-state index contributed by atoms with van der Waals surface area (Å²) in [6.45, 7) is 0. The van der Waals surface area contributed by atoms with Crippen LogP contribution >= 0.6 is 11.8 Å². The molecule has 1 rings (SSSR count). The van der Waals surface area contributed by atoms with E-state index in [-0.39, 0.29) is 17.1 Å². The molecule has 4 N–H and O–H groups in total. The number of rotatable bonds is 3. The van der Waals surface area contributed by atoms with Gasteiger partial charge in [0.15, 0.2) is 0 Å². The quantitative estimate of drug-likeness (QED) is 0.653.